The van der Waals surface area contributed by atoms with Crippen LogP contribution in [0.4, 0.5) is 0 Å². The van der Waals surface area contributed by atoms with Crippen molar-refractivity contribution < 1.29 is 28.5 Å². The zero-order chi connectivity index (χ0) is 20.4. The maximum atomic E-state index is 13.0. The topological polar surface area (TPSA) is 71.1 Å². The number of hydrogen-bond acceptors (Lipinski definition) is 6. The summed E-state index contributed by atoms with van der Waals surface area (Å²) in [6, 6.07) is 16.1. The first-order valence-corrected chi connectivity index (χ1v) is 11.1. The SMILES string of the molecule is COCO[C@H]1[C@H]2CC(=O)[C@H](O2)[C@@]1(OC(=O)c1cccc(Cl)c1)[Se]c1ccccc1. The van der Waals surface area contributed by atoms with Crippen LogP contribution in [0.25, 0.3) is 0 Å². The number of hydrogen-bond donors (Lipinski definition) is 0. The summed E-state index contributed by atoms with van der Waals surface area (Å²) in [6.45, 7) is 0.00672. The number of Topliss-reactive ketones (excluding diaryl/α,β-unsaturated/α-hetero) is 1. The quantitative estimate of drug-likeness (QED) is 0.342. The van der Waals surface area contributed by atoms with Crippen LogP contribution in [0.5, 0.6) is 0 Å². The first-order valence-electron chi connectivity index (χ1n) is 9.05. The van der Waals surface area contributed by atoms with E-state index in [-0.39, 0.29) is 19.0 Å². The molecule has 2 saturated heterocycles. The summed E-state index contributed by atoms with van der Waals surface area (Å²) in [5, 5.41) is 0.425. The summed E-state index contributed by atoms with van der Waals surface area (Å²) < 4.78 is 22.7. The predicted molar refractivity (Wildman–Crippen MR) is 106 cm³/mol. The van der Waals surface area contributed by atoms with Crippen LogP contribution in [0.15, 0.2) is 54.6 Å². The van der Waals surface area contributed by atoms with E-state index in [2.05, 4.69) is 0 Å². The van der Waals surface area contributed by atoms with E-state index in [1.165, 1.54) is 13.2 Å². The maximum absolute atomic E-state index is 13.0. The van der Waals surface area contributed by atoms with Crippen LogP contribution in [0.2, 0.25) is 5.02 Å². The molecule has 0 amide bonds. The molecule has 29 heavy (non-hydrogen) atoms. The number of ether oxygens (including phenoxy) is 4. The molecule has 2 aliphatic rings. The molecule has 4 atom stereocenters. The van der Waals surface area contributed by atoms with Crippen molar-refractivity contribution in [1.29, 1.82) is 0 Å². The van der Waals surface area contributed by atoms with Gasteiger partial charge in [-0.15, -0.1) is 0 Å². The summed E-state index contributed by atoms with van der Waals surface area (Å²) in [5.41, 5.74) is 0.307. The van der Waals surface area contributed by atoms with Gasteiger partial charge in [-0.3, -0.25) is 0 Å². The Kier molecular flexibility index (Phi) is 6.06. The van der Waals surface area contributed by atoms with Crippen LogP contribution in [0.3, 0.4) is 0 Å². The van der Waals surface area contributed by atoms with Gasteiger partial charge in [-0.2, -0.15) is 0 Å². The molecule has 2 aliphatic heterocycles. The summed E-state index contributed by atoms with van der Waals surface area (Å²) in [7, 11) is 1.52. The molecule has 0 spiro atoms. The number of methoxy groups -OCH3 is 1. The van der Waals surface area contributed by atoms with Gasteiger partial charge in [-0.05, 0) is 0 Å². The van der Waals surface area contributed by atoms with Gasteiger partial charge in [-0.25, -0.2) is 0 Å². The number of rotatable bonds is 7. The van der Waals surface area contributed by atoms with Gasteiger partial charge in [0.25, 0.3) is 0 Å². The molecule has 8 heteroatoms. The van der Waals surface area contributed by atoms with Gasteiger partial charge in [0.05, 0.1) is 0 Å². The molecule has 2 fully saturated rings. The van der Waals surface area contributed by atoms with E-state index in [9.17, 15) is 9.59 Å². The second-order valence-electron chi connectivity index (χ2n) is 6.76. The Hall–Kier alpha value is -1.73. The van der Waals surface area contributed by atoms with Crippen molar-refractivity contribution in [2.24, 2.45) is 0 Å². The Morgan fingerprint density at radius 2 is 2.03 bits per heavy atom. The zero-order valence-corrected chi connectivity index (χ0v) is 18.0. The second-order valence-corrected chi connectivity index (χ2v) is 9.95. The number of benzene rings is 2. The zero-order valence-electron chi connectivity index (χ0n) is 15.6. The molecule has 0 saturated carbocycles. The number of esters is 1. The first-order chi connectivity index (χ1) is 14.0. The van der Waals surface area contributed by atoms with Gasteiger partial charge in [0.2, 0.25) is 0 Å². The summed E-state index contributed by atoms with van der Waals surface area (Å²) in [5.74, 6) is -0.649. The van der Waals surface area contributed by atoms with Crippen molar-refractivity contribution in [3.8, 4) is 0 Å². The van der Waals surface area contributed by atoms with Crippen LogP contribution in [0.1, 0.15) is 16.8 Å². The van der Waals surface area contributed by atoms with E-state index in [4.69, 9.17) is 30.5 Å². The first kappa shape index (κ1) is 20.5. The van der Waals surface area contributed by atoms with Crippen LogP contribution in [-0.4, -0.2) is 63.4 Å². The Balaban J connectivity index is 1.72. The molecule has 2 aromatic rings. The average Bonchev–Trinajstić information content (AvgIpc) is 3.22. The van der Waals surface area contributed by atoms with Gasteiger partial charge in [0.1, 0.15) is 0 Å². The monoisotopic (exact) mass is 482 g/mol. The van der Waals surface area contributed by atoms with E-state index in [0.717, 1.165) is 4.46 Å². The minimum atomic E-state index is -1.23. The van der Waals surface area contributed by atoms with Gasteiger partial charge in [0, 0.05) is 0 Å². The fraction of sp³-hybridized carbons (Fsp3) is 0.333. The van der Waals surface area contributed by atoms with Crippen molar-refractivity contribution in [2.75, 3.05) is 13.9 Å². The third-order valence-corrected chi connectivity index (χ3v) is 7.89. The Labute approximate surface area is 179 Å². The summed E-state index contributed by atoms with van der Waals surface area (Å²) in [4.78, 5) is 25.6. The van der Waals surface area contributed by atoms with Crippen LogP contribution in [0, 0.1) is 0 Å². The molecule has 0 N–H and O–H groups in total. The molecule has 0 unspecified atom stereocenters. The number of fused-ring (bicyclic) bond motifs is 2. The summed E-state index contributed by atoms with van der Waals surface area (Å²) in [6.07, 6.45) is -1.70. The van der Waals surface area contributed by atoms with Crippen LogP contribution >= 0.6 is 11.6 Å². The second kappa shape index (κ2) is 8.56. The van der Waals surface area contributed by atoms with Crippen molar-refractivity contribution >= 4 is 42.8 Å². The number of carbonyl (C=O) groups is 2. The fourth-order valence-corrected chi connectivity index (χ4v) is 6.76. The summed E-state index contributed by atoms with van der Waals surface area (Å²) >= 11 is 5.58. The van der Waals surface area contributed by atoms with Crippen molar-refractivity contribution in [2.45, 2.75) is 29.2 Å². The molecule has 6 nitrogen and oxygen atoms in total. The molecule has 0 radical (unpaired) electrons. The Bertz CT molecular complexity index is 907. The third-order valence-electron chi connectivity index (χ3n) is 4.80. The van der Waals surface area contributed by atoms with Crippen LogP contribution < -0.4 is 4.46 Å². The Morgan fingerprint density at radius 1 is 1.24 bits per heavy atom. The fourth-order valence-electron chi connectivity index (χ4n) is 3.61. The predicted octanol–water partition coefficient (Wildman–Crippen LogP) is 1.95. The third kappa shape index (κ3) is 3.99. The normalized spacial score (nSPS) is 27.9. The molecule has 2 bridgehead atoms. The number of halogens is 1. The number of carbonyl (C=O) groups excluding carboxylic acids is 2. The van der Waals surface area contributed by atoms with Gasteiger partial charge in [0.15, 0.2) is 0 Å². The molecule has 2 heterocycles. The van der Waals surface area contributed by atoms with E-state index in [0.29, 0.717) is 10.6 Å². The molecular weight excluding hydrogens is 463 g/mol. The molecule has 152 valence electrons. The van der Waals surface area contributed by atoms with Crippen molar-refractivity contribution in [3.05, 3.63) is 65.2 Å². The van der Waals surface area contributed by atoms with E-state index < -0.39 is 43.7 Å². The molecule has 4 rings (SSSR count). The van der Waals surface area contributed by atoms with E-state index in [1.807, 2.05) is 30.3 Å². The average molecular weight is 482 g/mol. The molecule has 0 aromatic heterocycles. The molecule has 2 aromatic carbocycles. The standard InChI is InChI=1S/C21H19ClO6Se/c1-25-12-26-19-17-11-16(23)18(27-17)21(19,29-15-8-3-2-4-9-15)28-20(24)13-6-5-7-14(22)10-13/h2-10,17-19H,11-12H2,1H3/t17-,18+,19+,21-/m1/s1. The van der Waals surface area contributed by atoms with E-state index in [1.54, 1.807) is 18.2 Å². The molecular formula is C21H19ClO6Se. The molecule has 0 aliphatic carbocycles. The van der Waals surface area contributed by atoms with Crippen LogP contribution in [-0.2, 0) is 23.7 Å². The number of ketones is 1. The van der Waals surface area contributed by atoms with Gasteiger partial charge >= 0.3 is 180 Å². The van der Waals surface area contributed by atoms with E-state index >= 15 is 0 Å². The Morgan fingerprint density at radius 3 is 2.76 bits per heavy atom. The van der Waals surface area contributed by atoms with Gasteiger partial charge < -0.3 is 0 Å². The van der Waals surface area contributed by atoms with Crippen molar-refractivity contribution in [3.63, 3.8) is 0 Å². The van der Waals surface area contributed by atoms with Gasteiger partial charge in [-0.1, -0.05) is 0 Å². The minimum absolute atomic E-state index is 0.00672. The van der Waals surface area contributed by atoms with Crippen molar-refractivity contribution in [1.82, 2.24) is 0 Å².